The second-order valence-corrected chi connectivity index (χ2v) is 8.28. The summed E-state index contributed by atoms with van der Waals surface area (Å²) in [6.45, 7) is 1.54. The molecule has 128 valence electrons. The third-order valence-corrected chi connectivity index (χ3v) is 6.79. The highest BCUT2D eigenvalue weighted by Gasteiger charge is 2.33. The molecule has 1 aromatic carbocycles. The largest absolute Gasteiger partial charge is 0.340 e. The van der Waals surface area contributed by atoms with E-state index in [-0.39, 0.29) is 16.7 Å². The number of benzene rings is 1. The molecular weight excluding hydrogens is 326 g/mol. The van der Waals surface area contributed by atoms with Gasteiger partial charge in [-0.25, -0.2) is 8.42 Å². The Morgan fingerprint density at radius 2 is 1.62 bits per heavy atom. The standard InChI is InChI=1S/C17H21N3O3S/c18-13-14-5-7-16(8-6-14)24(22,23)20-11-9-19(10-12-20)17(21)15-3-1-2-4-15/h5-8,15H,1-4,9-12H2. The number of rotatable bonds is 3. The minimum atomic E-state index is -3.57. The van der Waals surface area contributed by atoms with E-state index in [0.717, 1.165) is 25.7 Å². The summed E-state index contributed by atoms with van der Waals surface area (Å²) in [4.78, 5) is 14.4. The van der Waals surface area contributed by atoms with Gasteiger partial charge in [0, 0.05) is 32.1 Å². The van der Waals surface area contributed by atoms with Crippen LogP contribution in [0.15, 0.2) is 29.2 Å². The van der Waals surface area contributed by atoms with Gasteiger partial charge in [0.25, 0.3) is 0 Å². The first kappa shape index (κ1) is 16.9. The lowest BCUT2D eigenvalue weighted by atomic mass is 10.1. The molecule has 1 saturated heterocycles. The van der Waals surface area contributed by atoms with Gasteiger partial charge in [-0.05, 0) is 37.1 Å². The third-order valence-electron chi connectivity index (χ3n) is 4.88. The van der Waals surface area contributed by atoms with Crippen molar-refractivity contribution in [3.05, 3.63) is 29.8 Å². The Morgan fingerprint density at radius 1 is 1.04 bits per heavy atom. The number of amides is 1. The first-order chi connectivity index (χ1) is 11.5. The molecule has 2 fully saturated rings. The Hall–Kier alpha value is -1.91. The lowest BCUT2D eigenvalue weighted by molar-refractivity contribution is -0.136. The van der Waals surface area contributed by atoms with Gasteiger partial charge in [-0.3, -0.25) is 4.79 Å². The van der Waals surface area contributed by atoms with Crippen LogP contribution in [0.5, 0.6) is 0 Å². The Bertz CT molecular complexity index is 738. The molecule has 2 aliphatic rings. The van der Waals surface area contributed by atoms with Crippen LogP contribution in [0.2, 0.25) is 0 Å². The number of hydrogen-bond donors (Lipinski definition) is 0. The van der Waals surface area contributed by atoms with Crippen molar-refractivity contribution in [2.75, 3.05) is 26.2 Å². The SMILES string of the molecule is N#Cc1ccc(S(=O)(=O)N2CCN(C(=O)C3CCCC3)CC2)cc1. The lowest BCUT2D eigenvalue weighted by Gasteiger charge is -2.35. The number of nitriles is 1. The van der Waals surface area contributed by atoms with Crippen LogP contribution in [-0.4, -0.2) is 49.7 Å². The Morgan fingerprint density at radius 3 is 2.17 bits per heavy atom. The lowest BCUT2D eigenvalue weighted by Crippen LogP contribution is -2.51. The van der Waals surface area contributed by atoms with E-state index in [9.17, 15) is 13.2 Å². The summed E-state index contributed by atoms with van der Waals surface area (Å²) in [7, 11) is -3.57. The number of piperazine rings is 1. The van der Waals surface area contributed by atoms with Crippen molar-refractivity contribution in [1.82, 2.24) is 9.21 Å². The number of sulfonamides is 1. The van der Waals surface area contributed by atoms with Crippen LogP contribution < -0.4 is 0 Å². The van der Waals surface area contributed by atoms with E-state index >= 15 is 0 Å². The monoisotopic (exact) mass is 347 g/mol. The van der Waals surface area contributed by atoms with Gasteiger partial charge < -0.3 is 4.90 Å². The average Bonchev–Trinajstić information content (AvgIpc) is 3.16. The van der Waals surface area contributed by atoms with Crippen LogP contribution in [0.25, 0.3) is 0 Å². The van der Waals surface area contributed by atoms with E-state index in [0.29, 0.717) is 31.7 Å². The van der Waals surface area contributed by atoms with Gasteiger partial charge >= 0.3 is 0 Å². The second-order valence-electron chi connectivity index (χ2n) is 6.35. The fourth-order valence-electron chi connectivity index (χ4n) is 3.43. The maximum absolute atomic E-state index is 12.7. The second kappa shape index (κ2) is 6.91. The minimum absolute atomic E-state index is 0.131. The smallest absolute Gasteiger partial charge is 0.243 e. The summed E-state index contributed by atoms with van der Waals surface area (Å²) < 4.78 is 26.7. The van der Waals surface area contributed by atoms with Crippen LogP contribution in [0.3, 0.4) is 0 Å². The van der Waals surface area contributed by atoms with E-state index in [1.807, 2.05) is 6.07 Å². The van der Waals surface area contributed by atoms with Gasteiger partial charge in [0.05, 0.1) is 16.5 Å². The summed E-state index contributed by atoms with van der Waals surface area (Å²) >= 11 is 0. The zero-order chi connectivity index (χ0) is 17.2. The number of hydrogen-bond acceptors (Lipinski definition) is 4. The Kier molecular flexibility index (Phi) is 4.88. The maximum Gasteiger partial charge on any atom is 0.243 e. The van der Waals surface area contributed by atoms with Crippen LogP contribution in [0.4, 0.5) is 0 Å². The van der Waals surface area contributed by atoms with Crippen molar-refractivity contribution in [1.29, 1.82) is 5.26 Å². The fraction of sp³-hybridized carbons (Fsp3) is 0.529. The first-order valence-electron chi connectivity index (χ1n) is 8.31. The van der Waals surface area contributed by atoms with Gasteiger partial charge in [0.15, 0.2) is 0 Å². The molecule has 1 aromatic rings. The summed E-state index contributed by atoms with van der Waals surface area (Å²) in [6.07, 6.45) is 4.15. The topological polar surface area (TPSA) is 81.5 Å². The van der Waals surface area contributed by atoms with Gasteiger partial charge in [-0.15, -0.1) is 0 Å². The molecule has 0 N–H and O–H groups in total. The predicted octanol–water partition coefficient (Wildman–Crippen LogP) is 1.58. The van der Waals surface area contributed by atoms with Crippen molar-refractivity contribution >= 4 is 15.9 Å². The normalized spacial score (nSPS) is 20.0. The van der Waals surface area contributed by atoms with Crippen molar-refractivity contribution in [2.24, 2.45) is 5.92 Å². The van der Waals surface area contributed by atoms with Crippen molar-refractivity contribution < 1.29 is 13.2 Å². The maximum atomic E-state index is 12.7. The molecule has 0 radical (unpaired) electrons. The quantitative estimate of drug-likeness (QED) is 0.831. The Labute approximate surface area is 142 Å². The summed E-state index contributed by atoms with van der Waals surface area (Å²) in [6, 6.07) is 7.92. The summed E-state index contributed by atoms with van der Waals surface area (Å²) in [5, 5.41) is 8.80. The molecular formula is C17H21N3O3S. The van der Waals surface area contributed by atoms with E-state index in [4.69, 9.17) is 5.26 Å². The minimum Gasteiger partial charge on any atom is -0.340 e. The molecule has 0 unspecified atom stereocenters. The summed E-state index contributed by atoms with van der Waals surface area (Å²) in [5.74, 6) is 0.314. The third kappa shape index (κ3) is 3.30. The molecule has 3 rings (SSSR count). The molecule has 1 aliphatic carbocycles. The molecule has 1 heterocycles. The van der Waals surface area contributed by atoms with E-state index in [2.05, 4.69) is 0 Å². The molecule has 1 amide bonds. The zero-order valence-electron chi connectivity index (χ0n) is 13.5. The highest BCUT2D eigenvalue weighted by molar-refractivity contribution is 7.89. The van der Waals surface area contributed by atoms with E-state index < -0.39 is 10.0 Å². The van der Waals surface area contributed by atoms with Crippen LogP contribution >= 0.6 is 0 Å². The molecule has 0 bridgehead atoms. The molecule has 0 aromatic heterocycles. The van der Waals surface area contributed by atoms with Crippen molar-refractivity contribution in [2.45, 2.75) is 30.6 Å². The van der Waals surface area contributed by atoms with Gasteiger partial charge in [0.2, 0.25) is 15.9 Å². The van der Waals surface area contributed by atoms with Gasteiger partial charge in [-0.1, -0.05) is 12.8 Å². The Balaban J connectivity index is 1.64. The van der Waals surface area contributed by atoms with Crippen LogP contribution in [0, 0.1) is 17.2 Å². The van der Waals surface area contributed by atoms with Gasteiger partial charge in [-0.2, -0.15) is 9.57 Å². The average molecular weight is 347 g/mol. The number of nitrogens with zero attached hydrogens (tertiary/aromatic N) is 3. The molecule has 0 atom stereocenters. The zero-order valence-corrected chi connectivity index (χ0v) is 14.3. The van der Waals surface area contributed by atoms with E-state index in [1.165, 1.54) is 28.6 Å². The number of carbonyl (C=O) groups is 1. The predicted molar refractivity (Wildman–Crippen MR) is 88.5 cm³/mol. The molecule has 6 nitrogen and oxygen atoms in total. The molecule has 7 heteroatoms. The molecule has 24 heavy (non-hydrogen) atoms. The van der Waals surface area contributed by atoms with Crippen molar-refractivity contribution in [3.8, 4) is 6.07 Å². The fourth-order valence-corrected chi connectivity index (χ4v) is 4.85. The molecule has 0 spiro atoms. The van der Waals surface area contributed by atoms with E-state index in [1.54, 1.807) is 4.90 Å². The first-order valence-corrected chi connectivity index (χ1v) is 9.75. The highest BCUT2D eigenvalue weighted by atomic mass is 32.2. The van der Waals surface area contributed by atoms with Crippen LogP contribution in [0.1, 0.15) is 31.2 Å². The molecule has 1 aliphatic heterocycles. The molecule has 1 saturated carbocycles. The van der Waals surface area contributed by atoms with Gasteiger partial charge in [0.1, 0.15) is 0 Å². The highest BCUT2D eigenvalue weighted by Crippen LogP contribution is 2.27. The number of carbonyl (C=O) groups excluding carboxylic acids is 1. The van der Waals surface area contributed by atoms with Crippen molar-refractivity contribution in [3.63, 3.8) is 0 Å². The summed E-state index contributed by atoms with van der Waals surface area (Å²) in [5.41, 5.74) is 0.431. The van der Waals surface area contributed by atoms with Crippen LogP contribution in [-0.2, 0) is 14.8 Å².